The lowest BCUT2D eigenvalue weighted by Gasteiger charge is -2.28. The summed E-state index contributed by atoms with van der Waals surface area (Å²) in [6, 6.07) is -8.13. The highest BCUT2D eigenvalue weighted by molar-refractivity contribution is 5.98. The number of nitrogens with one attached hydrogen (secondary N) is 7. The van der Waals surface area contributed by atoms with Crippen LogP contribution in [0.4, 0.5) is 0 Å². The zero-order chi connectivity index (χ0) is 50.6. The van der Waals surface area contributed by atoms with Gasteiger partial charge >= 0.3 is 17.9 Å². The van der Waals surface area contributed by atoms with E-state index in [1.807, 2.05) is 0 Å². The summed E-state index contributed by atoms with van der Waals surface area (Å²) in [6.45, 7) is 6.52. The van der Waals surface area contributed by atoms with Gasteiger partial charge in [-0.1, -0.05) is 32.4 Å². The summed E-state index contributed by atoms with van der Waals surface area (Å²) < 4.78 is 0. The van der Waals surface area contributed by atoms with Gasteiger partial charge in [0.2, 0.25) is 47.3 Å². The van der Waals surface area contributed by atoms with E-state index in [1.165, 1.54) is 31.2 Å². The molecule has 17 N–H and O–H groups in total. The highest BCUT2D eigenvalue weighted by atomic mass is 16.4. The van der Waals surface area contributed by atoms with Crippen LogP contribution in [0.3, 0.4) is 0 Å². The molecule has 0 unspecified atom stereocenters. The van der Waals surface area contributed by atoms with Crippen molar-refractivity contribution in [2.24, 2.45) is 17.4 Å². The second-order valence-corrected chi connectivity index (χ2v) is 15.6. The number of primary amides is 1. The number of phenols is 1. The molecule has 0 heterocycles. The van der Waals surface area contributed by atoms with Gasteiger partial charge in [-0.05, 0) is 57.2 Å². The minimum atomic E-state index is -1.92. The molecule has 0 saturated carbocycles. The average molecular weight is 940 g/mol. The molecule has 0 radical (unpaired) electrons. The Balaban J connectivity index is 3.42. The van der Waals surface area contributed by atoms with Gasteiger partial charge in [0.05, 0.1) is 24.7 Å². The van der Waals surface area contributed by atoms with Crippen molar-refractivity contribution in [2.45, 2.75) is 140 Å². The predicted octanol–water partition coefficient (Wildman–Crippen LogP) is -4.83. The molecule has 0 saturated heterocycles. The Bertz CT molecular complexity index is 1910. The minimum Gasteiger partial charge on any atom is -0.508 e. The number of phenolic OH excluding ortho intramolecular Hbond substituents is 1. The monoisotopic (exact) mass is 939 g/mol. The number of carbonyl (C=O) groups excluding carboxylic acids is 8. The number of carbonyl (C=O) groups is 11. The molecule has 26 nitrogen and oxygen atoms in total. The van der Waals surface area contributed by atoms with Gasteiger partial charge in [0.1, 0.15) is 48.0 Å². The Labute approximate surface area is 378 Å². The fraction of sp³-hybridized carbons (Fsp3) is 0.575. The zero-order valence-electron chi connectivity index (χ0n) is 36.9. The third kappa shape index (κ3) is 19.9. The second-order valence-electron chi connectivity index (χ2n) is 15.6. The van der Waals surface area contributed by atoms with Gasteiger partial charge in [-0.25, -0.2) is 4.79 Å². The van der Waals surface area contributed by atoms with Crippen LogP contribution in [-0.2, 0) is 59.2 Å². The van der Waals surface area contributed by atoms with Crippen molar-refractivity contribution >= 4 is 65.2 Å². The van der Waals surface area contributed by atoms with Gasteiger partial charge in [0.15, 0.2) is 0 Å². The standard InChI is InChI=1S/C40H61N9O17/c1-6-17(2)30(40(65)66)47-37(62)26(16-29(56)57)45-35(60)24(12-14-28(54)55)44-36(61)25(15-21-7-9-22(52)10-8-21)46-39(64)32(20(5)51)48-33(58)18(3)43-38(63)31(19(4)50)49-34(59)23(41)11-13-27(42)53/h7-10,17-20,23-26,30-32,50-52H,6,11-16,41H2,1-5H3,(H2,42,53)(H,43,63)(H,44,61)(H,45,60)(H,46,64)(H,47,62)(H,48,58)(H,49,59)(H,54,55)(H,56,57)(H,65,66)/t17-,18-,19+,20+,23-,24-,25-,26-,30-,31-,32-/m0/s1. The maximum atomic E-state index is 14.0. The van der Waals surface area contributed by atoms with Crippen LogP contribution in [0.1, 0.15) is 78.7 Å². The first kappa shape index (κ1) is 57.1. The topological polar surface area (TPSA) is 445 Å². The quantitative estimate of drug-likeness (QED) is 0.0358. The van der Waals surface area contributed by atoms with Crippen LogP contribution in [0, 0.1) is 5.92 Å². The first-order valence-corrected chi connectivity index (χ1v) is 20.7. The summed E-state index contributed by atoms with van der Waals surface area (Å²) in [4.78, 5) is 140. The first-order valence-electron chi connectivity index (χ1n) is 20.7. The Morgan fingerprint density at radius 1 is 0.561 bits per heavy atom. The number of aliphatic hydroxyl groups excluding tert-OH is 2. The van der Waals surface area contributed by atoms with Gasteiger partial charge in [0, 0.05) is 19.3 Å². The molecule has 1 rings (SSSR count). The number of hydrogen-bond donors (Lipinski definition) is 15. The Kier molecular flexibility index (Phi) is 23.7. The molecule has 1 aromatic carbocycles. The third-order valence-electron chi connectivity index (χ3n) is 9.99. The second kappa shape index (κ2) is 27.4. The number of carboxylic acids is 3. The number of nitrogens with two attached hydrogens (primary N) is 2. The van der Waals surface area contributed by atoms with Crippen LogP contribution in [0.15, 0.2) is 24.3 Å². The molecule has 0 bridgehead atoms. The number of aromatic hydroxyl groups is 1. The van der Waals surface area contributed by atoms with Crippen molar-refractivity contribution in [3.05, 3.63) is 29.8 Å². The number of amides is 8. The maximum absolute atomic E-state index is 14.0. The van der Waals surface area contributed by atoms with E-state index in [2.05, 4.69) is 37.2 Å². The molecule has 0 aliphatic heterocycles. The van der Waals surface area contributed by atoms with Crippen molar-refractivity contribution in [3.63, 3.8) is 0 Å². The van der Waals surface area contributed by atoms with Crippen LogP contribution in [-0.4, -0.2) is 156 Å². The number of aliphatic hydroxyl groups is 2. The van der Waals surface area contributed by atoms with E-state index in [0.29, 0.717) is 0 Å². The molecule has 0 aliphatic rings. The summed E-state index contributed by atoms with van der Waals surface area (Å²) in [5.74, 6) is -14.0. The fourth-order valence-electron chi connectivity index (χ4n) is 5.89. The van der Waals surface area contributed by atoms with E-state index in [-0.39, 0.29) is 30.6 Å². The lowest BCUT2D eigenvalue weighted by atomic mass is 9.98. The van der Waals surface area contributed by atoms with E-state index in [0.717, 1.165) is 20.8 Å². The molecule has 368 valence electrons. The van der Waals surface area contributed by atoms with E-state index in [9.17, 15) is 83.4 Å². The largest absolute Gasteiger partial charge is 0.508 e. The molecular formula is C40H61N9O17. The number of hydrogen-bond acceptors (Lipinski definition) is 15. The molecule has 0 spiro atoms. The Morgan fingerprint density at radius 2 is 1.03 bits per heavy atom. The summed E-state index contributed by atoms with van der Waals surface area (Å²) in [5.41, 5.74) is 11.1. The van der Waals surface area contributed by atoms with Gasteiger partial charge in [0.25, 0.3) is 0 Å². The summed E-state index contributed by atoms with van der Waals surface area (Å²) in [6.07, 6.45) is -6.28. The molecule has 11 atom stereocenters. The van der Waals surface area contributed by atoms with Crippen LogP contribution in [0.2, 0.25) is 0 Å². The lowest BCUT2D eigenvalue weighted by molar-refractivity contribution is -0.145. The molecule has 0 aromatic heterocycles. The summed E-state index contributed by atoms with van der Waals surface area (Å²) in [5, 5.41) is 74.7. The van der Waals surface area contributed by atoms with Crippen molar-refractivity contribution in [1.82, 2.24) is 37.2 Å². The molecule has 26 heteroatoms. The molecule has 0 fully saturated rings. The highest BCUT2D eigenvalue weighted by Crippen LogP contribution is 2.14. The van der Waals surface area contributed by atoms with Gasteiger partial charge in [-0.3, -0.25) is 47.9 Å². The van der Waals surface area contributed by atoms with Crippen molar-refractivity contribution in [1.29, 1.82) is 0 Å². The number of rotatable bonds is 29. The number of benzene rings is 1. The van der Waals surface area contributed by atoms with Crippen LogP contribution < -0.4 is 48.7 Å². The van der Waals surface area contributed by atoms with Gasteiger partial charge < -0.3 is 79.3 Å². The molecule has 1 aromatic rings. The van der Waals surface area contributed by atoms with Gasteiger partial charge in [-0.2, -0.15) is 0 Å². The minimum absolute atomic E-state index is 0.180. The SMILES string of the molecule is CC[C@H](C)[C@H](NC(=O)[C@H](CC(=O)O)NC(=O)[C@H](CCC(=O)O)NC(=O)[C@H](Cc1ccc(O)cc1)NC(=O)[C@@H](NC(=O)[C@H](C)NC(=O)[C@@H](NC(=O)[C@@H](N)CCC(N)=O)[C@@H](C)O)[C@@H](C)O)C(=O)O. The van der Waals surface area contributed by atoms with Crippen LogP contribution in [0.5, 0.6) is 5.75 Å². The molecule has 8 amide bonds. The highest BCUT2D eigenvalue weighted by Gasteiger charge is 2.36. The fourth-order valence-corrected chi connectivity index (χ4v) is 5.89. The maximum Gasteiger partial charge on any atom is 0.326 e. The summed E-state index contributed by atoms with van der Waals surface area (Å²) in [7, 11) is 0. The number of aliphatic carboxylic acids is 3. The first-order chi connectivity index (χ1) is 30.7. The van der Waals surface area contributed by atoms with Crippen molar-refractivity contribution < 1.29 is 83.4 Å². The van der Waals surface area contributed by atoms with Crippen molar-refractivity contribution in [2.75, 3.05) is 0 Å². The van der Waals surface area contributed by atoms with E-state index in [1.54, 1.807) is 6.92 Å². The predicted molar refractivity (Wildman–Crippen MR) is 227 cm³/mol. The lowest BCUT2D eigenvalue weighted by Crippen LogP contribution is -2.62. The molecule has 0 aliphatic carbocycles. The van der Waals surface area contributed by atoms with Gasteiger partial charge in [-0.15, -0.1) is 0 Å². The van der Waals surface area contributed by atoms with Crippen LogP contribution >= 0.6 is 0 Å². The number of carboxylic acid groups (broad SMARTS) is 3. The van der Waals surface area contributed by atoms with Crippen LogP contribution in [0.25, 0.3) is 0 Å². The van der Waals surface area contributed by atoms with E-state index < -0.39 is 157 Å². The Morgan fingerprint density at radius 3 is 1.52 bits per heavy atom. The third-order valence-corrected chi connectivity index (χ3v) is 9.99. The zero-order valence-corrected chi connectivity index (χ0v) is 36.9. The average Bonchev–Trinajstić information content (AvgIpc) is 3.22. The smallest absolute Gasteiger partial charge is 0.326 e. The molecular weight excluding hydrogens is 878 g/mol. The normalized spacial score (nSPS) is 16.0. The van der Waals surface area contributed by atoms with E-state index in [4.69, 9.17) is 11.5 Å². The summed E-state index contributed by atoms with van der Waals surface area (Å²) >= 11 is 0. The van der Waals surface area contributed by atoms with Crippen molar-refractivity contribution in [3.8, 4) is 5.75 Å². The Hall–Kier alpha value is -6.93. The molecule has 66 heavy (non-hydrogen) atoms. The van der Waals surface area contributed by atoms with E-state index >= 15 is 0 Å².